The number of rotatable bonds is 3. The highest BCUT2D eigenvalue weighted by Crippen LogP contribution is 2.32. The van der Waals surface area contributed by atoms with Gasteiger partial charge in [0.25, 0.3) is 0 Å². The standard InChI is InChI=1S/C21H29N3O3/c1-15(2)21(27)23-12-10-22(11-13-23)20(26)14-19-18-7-5-4-6-17(18)8-9-24(19)16(3)25/h4-7,15,19H,8-14H2,1-3H3. The van der Waals surface area contributed by atoms with Crippen molar-refractivity contribution in [2.24, 2.45) is 5.92 Å². The molecule has 2 aliphatic rings. The summed E-state index contributed by atoms with van der Waals surface area (Å²) in [5.41, 5.74) is 2.31. The summed E-state index contributed by atoms with van der Waals surface area (Å²) in [4.78, 5) is 42.7. The topological polar surface area (TPSA) is 60.9 Å². The van der Waals surface area contributed by atoms with Crippen LogP contribution in [0.4, 0.5) is 0 Å². The van der Waals surface area contributed by atoms with Crippen LogP contribution in [0.25, 0.3) is 0 Å². The minimum Gasteiger partial charge on any atom is -0.339 e. The summed E-state index contributed by atoms with van der Waals surface area (Å²) in [7, 11) is 0. The quantitative estimate of drug-likeness (QED) is 0.815. The average molecular weight is 371 g/mol. The van der Waals surface area contributed by atoms with Gasteiger partial charge in [-0.2, -0.15) is 0 Å². The first kappa shape index (κ1) is 19.4. The second-order valence-corrected chi connectivity index (χ2v) is 7.74. The molecule has 1 unspecified atom stereocenters. The summed E-state index contributed by atoms with van der Waals surface area (Å²) in [6, 6.07) is 7.89. The van der Waals surface area contributed by atoms with E-state index in [-0.39, 0.29) is 29.7 Å². The minimum atomic E-state index is -0.199. The van der Waals surface area contributed by atoms with Gasteiger partial charge in [-0.15, -0.1) is 0 Å². The Bertz CT molecular complexity index is 723. The maximum absolute atomic E-state index is 12.9. The summed E-state index contributed by atoms with van der Waals surface area (Å²) < 4.78 is 0. The molecule has 0 N–H and O–H groups in total. The number of fused-ring (bicyclic) bond motifs is 1. The molecular weight excluding hydrogens is 342 g/mol. The molecule has 0 spiro atoms. The van der Waals surface area contributed by atoms with Crippen LogP contribution in [-0.2, 0) is 20.8 Å². The molecule has 0 saturated carbocycles. The van der Waals surface area contributed by atoms with E-state index in [2.05, 4.69) is 6.07 Å². The number of hydrogen-bond donors (Lipinski definition) is 0. The minimum absolute atomic E-state index is 0.00894. The summed E-state index contributed by atoms with van der Waals surface area (Å²) >= 11 is 0. The molecule has 3 rings (SSSR count). The van der Waals surface area contributed by atoms with Crippen molar-refractivity contribution in [1.82, 2.24) is 14.7 Å². The number of hydrogen-bond acceptors (Lipinski definition) is 3. The monoisotopic (exact) mass is 371 g/mol. The summed E-state index contributed by atoms with van der Waals surface area (Å²) in [5.74, 6) is 0.190. The Balaban J connectivity index is 1.68. The SMILES string of the molecule is CC(=O)N1CCc2ccccc2C1CC(=O)N1CCN(C(=O)C(C)C)CC1. The maximum atomic E-state index is 12.9. The predicted molar refractivity (Wildman–Crippen MR) is 103 cm³/mol. The molecule has 1 aromatic rings. The van der Waals surface area contributed by atoms with Crippen LogP contribution >= 0.6 is 0 Å². The highest BCUT2D eigenvalue weighted by molar-refractivity contribution is 5.81. The Kier molecular flexibility index (Phi) is 5.82. The lowest BCUT2D eigenvalue weighted by molar-refractivity contribution is -0.143. The van der Waals surface area contributed by atoms with Crippen molar-refractivity contribution >= 4 is 17.7 Å². The largest absolute Gasteiger partial charge is 0.339 e. The van der Waals surface area contributed by atoms with Crippen molar-refractivity contribution in [1.29, 1.82) is 0 Å². The summed E-state index contributed by atoms with van der Waals surface area (Å²) in [5, 5.41) is 0. The number of carbonyl (C=O) groups is 3. The lowest BCUT2D eigenvalue weighted by atomic mass is 9.90. The third-order valence-electron chi connectivity index (χ3n) is 5.62. The molecular formula is C21H29N3O3. The first-order valence-corrected chi connectivity index (χ1v) is 9.80. The van der Waals surface area contributed by atoms with Gasteiger partial charge in [0, 0.05) is 45.6 Å². The van der Waals surface area contributed by atoms with Crippen LogP contribution in [0.1, 0.15) is 44.4 Å². The van der Waals surface area contributed by atoms with Crippen molar-refractivity contribution in [2.45, 2.75) is 39.7 Å². The molecule has 3 amide bonds. The molecule has 27 heavy (non-hydrogen) atoms. The molecule has 2 heterocycles. The normalized spacial score (nSPS) is 19.9. The lowest BCUT2D eigenvalue weighted by Crippen LogP contribution is -2.52. The van der Waals surface area contributed by atoms with E-state index in [1.165, 1.54) is 5.56 Å². The first-order chi connectivity index (χ1) is 12.9. The number of carbonyl (C=O) groups excluding carboxylic acids is 3. The molecule has 0 bridgehead atoms. The molecule has 1 aromatic carbocycles. The highest BCUT2D eigenvalue weighted by Gasteiger charge is 2.33. The van der Waals surface area contributed by atoms with Crippen molar-refractivity contribution in [3.05, 3.63) is 35.4 Å². The van der Waals surface area contributed by atoms with Crippen LogP contribution in [0.15, 0.2) is 24.3 Å². The molecule has 1 fully saturated rings. The zero-order chi connectivity index (χ0) is 19.6. The first-order valence-electron chi connectivity index (χ1n) is 9.80. The van der Waals surface area contributed by atoms with Crippen LogP contribution in [0.2, 0.25) is 0 Å². The van der Waals surface area contributed by atoms with Gasteiger partial charge >= 0.3 is 0 Å². The van der Waals surface area contributed by atoms with E-state index in [9.17, 15) is 14.4 Å². The van der Waals surface area contributed by atoms with Crippen molar-refractivity contribution in [2.75, 3.05) is 32.7 Å². The number of amides is 3. The van der Waals surface area contributed by atoms with Gasteiger partial charge in [0.1, 0.15) is 0 Å². The molecule has 1 saturated heterocycles. The zero-order valence-corrected chi connectivity index (χ0v) is 16.5. The van der Waals surface area contributed by atoms with Gasteiger partial charge in [0.2, 0.25) is 17.7 Å². The second-order valence-electron chi connectivity index (χ2n) is 7.74. The van der Waals surface area contributed by atoms with Gasteiger partial charge in [-0.3, -0.25) is 14.4 Å². The lowest BCUT2D eigenvalue weighted by Gasteiger charge is -2.39. The average Bonchev–Trinajstić information content (AvgIpc) is 2.67. The fourth-order valence-corrected chi connectivity index (χ4v) is 4.08. The highest BCUT2D eigenvalue weighted by atomic mass is 16.2. The maximum Gasteiger partial charge on any atom is 0.225 e. The number of nitrogens with zero attached hydrogens (tertiary/aromatic N) is 3. The van der Waals surface area contributed by atoms with E-state index >= 15 is 0 Å². The van der Waals surface area contributed by atoms with E-state index in [4.69, 9.17) is 0 Å². The Hall–Kier alpha value is -2.37. The van der Waals surface area contributed by atoms with Gasteiger partial charge in [0.15, 0.2) is 0 Å². The predicted octanol–water partition coefficient (Wildman–Crippen LogP) is 1.85. The Morgan fingerprint density at radius 2 is 1.63 bits per heavy atom. The smallest absolute Gasteiger partial charge is 0.225 e. The van der Waals surface area contributed by atoms with Crippen LogP contribution in [-0.4, -0.2) is 65.1 Å². The van der Waals surface area contributed by atoms with E-state index in [0.29, 0.717) is 39.1 Å². The molecule has 0 aromatic heterocycles. The number of piperazine rings is 1. The van der Waals surface area contributed by atoms with E-state index in [1.54, 1.807) is 6.92 Å². The fourth-order valence-electron chi connectivity index (χ4n) is 4.08. The Labute approximate surface area is 161 Å². The molecule has 0 aliphatic carbocycles. The van der Waals surface area contributed by atoms with Crippen molar-refractivity contribution in [3.8, 4) is 0 Å². The van der Waals surface area contributed by atoms with Crippen LogP contribution in [0.5, 0.6) is 0 Å². The second kappa shape index (κ2) is 8.11. The van der Waals surface area contributed by atoms with Crippen molar-refractivity contribution < 1.29 is 14.4 Å². The molecule has 146 valence electrons. The van der Waals surface area contributed by atoms with Gasteiger partial charge in [-0.05, 0) is 17.5 Å². The van der Waals surface area contributed by atoms with E-state index < -0.39 is 0 Å². The van der Waals surface area contributed by atoms with Gasteiger partial charge in [0.05, 0.1) is 12.5 Å². The third kappa shape index (κ3) is 4.15. The Morgan fingerprint density at radius 3 is 2.26 bits per heavy atom. The molecule has 1 atom stereocenters. The molecule has 6 nitrogen and oxygen atoms in total. The molecule has 6 heteroatoms. The number of benzene rings is 1. The summed E-state index contributed by atoms with van der Waals surface area (Å²) in [6.07, 6.45) is 1.13. The van der Waals surface area contributed by atoms with Crippen molar-refractivity contribution in [3.63, 3.8) is 0 Å². The Morgan fingerprint density at radius 1 is 1.00 bits per heavy atom. The van der Waals surface area contributed by atoms with Crippen LogP contribution in [0.3, 0.4) is 0 Å². The third-order valence-corrected chi connectivity index (χ3v) is 5.62. The van der Waals surface area contributed by atoms with Gasteiger partial charge in [-0.1, -0.05) is 38.1 Å². The molecule has 0 radical (unpaired) electrons. The van der Waals surface area contributed by atoms with E-state index in [0.717, 1.165) is 12.0 Å². The zero-order valence-electron chi connectivity index (χ0n) is 16.5. The summed E-state index contributed by atoms with van der Waals surface area (Å²) in [6.45, 7) is 8.31. The van der Waals surface area contributed by atoms with Gasteiger partial charge < -0.3 is 14.7 Å². The van der Waals surface area contributed by atoms with Crippen LogP contribution < -0.4 is 0 Å². The van der Waals surface area contributed by atoms with Crippen LogP contribution in [0, 0.1) is 5.92 Å². The van der Waals surface area contributed by atoms with Gasteiger partial charge in [-0.25, -0.2) is 0 Å². The molecule has 2 aliphatic heterocycles. The van der Waals surface area contributed by atoms with E-state index in [1.807, 2.05) is 46.7 Å². The fraction of sp³-hybridized carbons (Fsp3) is 0.571.